The number of hydrogen-bond acceptors (Lipinski definition) is 3. The molecule has 0 aliphatic rings. The Labute approximate surface area is 111 Å². The van der Waals surface area contributed by atoms with Gasteiger partial charge in [0.1, 0.15) is 17.3 Å². The van der Waals surface area contributed by atoms with E-state index >= 15 is 0 Å². The third-order valence-corrected chi connectivity index (χ3v) is 3.03. The zero-order valence-corrected chi connectivity index (χ0v) is 10.8. The van der Waals surface area contributed by atoms with E-state index in [9.17, 15) is 0 Å². The zero-order valence-electron chi connectivity index (χ0n) is 10.8. The van der Waals surface area contributed by atoms with Crippen molar-refractivity contribution in [2.75, 3.05) is 14.2 Å². The number of fused-ring (bicyclic) bond motifs is 1. The molecule has 3 aromatic rings. The van der Waals surface area contributed by atoms with Crippen LogP contribution >= 0.6 is 0 Å². The molecule has 0 fully saturated rings. The summed E-state index contributed by atoms with van der Waals surface area (Å²) in [7, 11) is 3.30. The second-order valence-electron chi connectivity index (χ2n) is 4.20. The molecule has 0 aliphatic carbocycles. The van der Waals surface area contributed by atoms with Gasteiger partial charge in [0.25, 0.3) is 0 Å². The molecule has 0 bridgehead atoms. The molecular formula is C15H14N2O2. The van der Waals surface area contributed by atoms with Gasteiger partial charge in [-0.3, -0.25) is 0 Å². The van der Waals surface area contributed by atoms with Crippen LogP contribution in [-0.2, 0) is 0 Å². The van der Waals surface area contributed by atoms with Crippen LogP contribution < -0.4 is 9.47 Å². The first-order valence-corrected chi connectivity index (χ1v) is 5.98. The highest BCUT2D eigenvalue weighted by atomic mass is 16.5. The molecule has 0 saturated carbocycles. The molecule has 4 nitrogen and oxygen atoms in total. The largest absolute Gasteiger partial charge is 0.497 e. The summed E-state index contributed by atoms with van der Waals surface area (Å²) < 4.78 is 10.4. The van der Waals surface area contributed by atoms with Crippen LogP contribution in [0.1, 0.15) is 0 Å². The van der Waals surface area contributed by atoms with E-state index in [-0.39, 0.29) is 0 Å². The Balaban J connectivity index is 2.09. The summed E-state index contributed by atoms with van der Waals surface area (Å²) in [5.74, 6) is 2.44. The van der Waals surface area contributed by atoms with Crippen molar-refractivity contribution in [1.29, 1.82) is 0 Å². The molecular weight excluding hydrogens is 240 g/mol. The molecule has 1 aromatic heterocycles. The third kappa shape index (κ3) is 2.12. The van der Waals surface area contributed by atoms with E-state index in [1.54, 1.807) is 14.2 Å². The van der Waals surface area contributed by atoms with E-state index in [2.05, 4.69) is 9.97 Å². The van der Waals surface area contributed by atoms with E-state index in [4.69, 9.17) is 9.47 Å². The monoisotopic (exact) mass is 254 g/mol. The van der Waals surface area contributed by atoms with Crippen molar-refractivity contribution in [3.8, 4) is 22.9 Å². The lowest BCUT2D eigenvalue weighted by atomic mass is 10.2. The van der Waals surface area contributed by atoms with Crippen LogP contribution in [0.15, 0.2) is 42.5 Å². The number of hydrogen-bond donors (Lipinski definition) is 1. The van der Waals surface area contributed by atoms with Gasteiger partial charge in [-0.25, -0.2) is 4.98 Å². The fourth-order valence-electron chi connectivity index (χ4n) is 2.02. The van der Waals surface area contributed by atoms with Crippen molar-refractivity contribution in [1.82, 2.24) is 9.97 Å². The summed E-state index contributed by atoms with van der Waals surface area (Å²) in [4.78, 5) is 7.87. The minimum absolute atomic E-state index is 0.802. The number of aromatic nitrogens is 2. The number of methoxy groups -OCH3 is 2. The highest BCUT2D eigenvalue weighted by Gasteiger charge is 2.07. The van der Waals surface area contributed by atoms with E-state index in [1.807, 2.05) is 42.5 Å². The SMILES string of the molecule is COc1cccc(-c2nc3cc(OC)ccc3[nH]2)c1. The average Bonchev–Trinajstić information content (AvgIpc) is 2.90. The predicted octanol–water partition coefficient (Wildman–Crippen LogP) is 3.25. The number of ether oxygens (including phenoxy) is 2. The van der Waals surface area contributed by atoms with Gasteiger partial charge in [0.05, 0.1) is 25.3 Å². The second-order valence-corrected chi connectivity index (χ2v) is 4.20. The normalized spacial score (nSPS) is 10.6. The van der Waals surface area contributed by atoms with E-state index in [0.29, 0.717) is 0 Å². The van der Waals surface area contributed by atoms with Crippen LogP contribution in [-0.4, -0.2) is 24.2 Å². The van der Waals surface area contributed by atoms with Crippen molar-refractivity contribution in [3.05, 3.63) is 42.5 Å². The number of imidazole rings is 1. The van der Waals surface area contributed by atoms with Gasteiger partial charge in [-0.2, -0.15) is 0 Å². The van der Waals surface area contributed by atoms with E-state index in [0.717, 1.165) is 33.9 Å². The molecule has 0 radical (unpaired) electrons. The molecule has 1 heterocycles. The van der Waals surface area contributed by atoms with Crippen molar-refractivity contribution in [2.24, 2.45) is 0 Å². The Bertz CT molecular complexity index is 719. The molecule has 0 aliphatic heterocycles. The Morgan fingerprint density at radius 2 is 1.74 bits per heavy atom. The first-order chi connectivity index (χ1) is 9.30. The van der Waals surface area contributed by atoms with Crippen LogP contribution in [0.3, 0.4) is 0 Å². The van der Waals surface area contributed by atoms with Crippen LogP contribution in [0.5, 0.6) is 11.5 Å². The van der Waals surface area contributed by atoms with Crippen LogP contribution in [0.2, 0.25) is 0 Å². The predicted molar refractivity (Wildman–Crippen MR) is 74.6 cm³/mol. The maximum absolute atomic E-state index is 5.23. The van der Waals surface area contributed by atoms with Gasteiger partial charge in [0.15, 0.2) is 0 Å². The minimum atomic E-state index is 0.802. The first-order valence-electron chi connectivity index (χ1n) is 5.98. The zero-order chi connectivity index (χ0) is 13.2. The average molecular weight is 254 g/mol. The quantitative estimate of drug-likeness (QED) is 0.780. The summed E-state index contributed by atoms with van der Waals surface area (Å²) in [6.45, 7) is 0. The van der Waals surface area contributed by atoms with Gasteiger partial charge in [-0.15, -0.1) is 0 Å². The summed E-state index contributed by atoms with van der Waals surface area (Å²) in [6.07, 6.45) is 0. The lowest BCUT2D eigenvalue weighted by Crippen LogP contribution is -1.84. The molecule has 1 N–H and O–H groups in total. The summed E-state index contributed by atoms with van der Waals surface area (Å²) in [5, 5.41) is 0. The van der Waals surface area contributed by atoms with Gasteiger partial charge < -0.3 is 14.5 Å². The minimum Gasteiger partial charge on any atom is -0.497 e. The van der Waals surface area contributed by atoms with Gasteiger partial charge >= 0.3 is 0 Å². The lowest BCUT2D eigenvalue weighted by molar-refractivity contribution is 0.415. The number of benzene rings is 2. The molecule has 96 valence electrons. The molecule has 4 heteroatoms. The van der Waals surface area contributed by atoms with Gasteiger partial charge in [-0.1, -0.05) is 12.1 Å². The Hall–Kier alpha value is -2.49. The molecule has 2 aromatic carbocycles. The Kier molecular flexibility index (Phi) is 2.83. The van der Waals surface area contributed by atoms with Crippen molar-refractivity contribution in [2.45, 2.75) is 0 Å². The number of nitrogens with zero attached hydrogens (tertiary/aromatic N) is 1. The fourth-order valence-corrected chi connectivity index (χ4v) is 2.02. The molecule has 3 rings (SSSR count). The van der Waals surface area contributed by atoms with Crippen LogP contribution in [0, 0.1) is 0 Å². The van der Waals surface area contributed by atoms with Gasteiger partial charge in [-0.05, 0) is 24.3 Å². The summed E-state index contributed by atoms with van der Waals surface area (Å²) >= 11 is 0. The molecule has 0 spiro atoms. The molecule has 0 unspecified atom stereocenters. The van der Waals surface area contributed by atoms with Crippen LogP contribution in [0.25, 0.3) is 22.4 Å². The highest BCUT2D eigenvalue weighted by Crippen LogP contribution is 2.25. The van der Waals surface area contributed by atoms with E-state index < -0.39 is 0 Å². The van der Waals surface area contributed by atoms with Crippen molar-refractivity contribution in [3.63, 3.8) is 0 Å². The maximum atomic E-state index is 5.23. The van der Waals surface area contributed by atoms with Crippen molar-refractivity contribution < 1.29 is 9.47 Å². The second kappa shape index (κ2) is 4.65. The summed E-state index contributed by atoms with van der Waals surface area (Å²) in [6, 6.07) is 13.6. The van der Waals surface area contributed by atoms with Gasteiger partial charge in [0, 0.05) is 11.6 Å². The molecule has 0 atom stereocenters. The molecule has 19 heavy (non-hydrogen) atoms. The summed E-state index contributed by atoms with van der Waals surface area (Å²) in [5.41, 5.74) is 2.87. The van der Waals surface area contributed by atoms with E-state index in [1.165, 1.54) is 0 Å². The third-order valence-electron chi connectivity index (χ3n) is 3.03. The lowest BCUT2D eigenvalue weighted by Gasteiger charge is -2.01. The standard InChI is InChI=1S/C15H14N2O2/c1-18-11-5-3-4-10(8-11)15-16-13-7-6-12(19-2)9-14(13)17-15/h3-9H,1-2H3,(H,16,17). The Morgan fingerprint density at radius 3 is 2.53 bits per heavy atom. The first kappa shape index (κ1) is 11.6. The number of aromatic amines is 1. The number of H-pyrrole nitrogens is 1. The van der Waals surface area contributed by atoms with Crippen LogP contribution in [0.4, 0.5) is 0 Å². The molecule has 0 amide bonds. The number of nitrogens with one attached hydrogen (secondary N) is 1. The van der Waals surface area contributed by atoms with Crippen molar-refractivity contribution >= 4 is 11.0 Å². The smallest absolute Gasteiger partial charge is 0.138 e. The fraction of sp³-hybridized carbons (Fsp3) is 0.133. The maximum Gasteiger partial charge on any atom is 0.138 e. The topological polar surface area (TPSA) is 47.1 Å². The molecule has 0 saturated heterocycles. The Morgan fingerprint density at radius 1 is 0.947 bits per heavy atom. The highest BCUT2D eigenvalue weighted by molar-refractivity contribution is 5.80. The van der Waals surface area contributed by atoms with Gasteiger partial charge in [0.2, 0.25) is 0 Å². The number of rotatable bonds is 3.